The van der Waals surface area contributed by atoms with E-state index in [1.54, 1.807) is 12.1 Å². The molecule has 0 aliphatic heterocycles. The van der Waals surface area contributed by atoms with Crippen LogP contribution < -0.4 is 14.8 Å². The summed E-state index contributed by atoms with van der Waals surface area (Å²) in [7, 11) is 0. The Hall–Kier alpha value is -1.78. The van der Waals surface area contributed by atoms with E-state index >= 15 is 0 Å². The Morgan fingerprint density at radius 1 is 1.00 bits per heavy atom. The molecule has 5 heteroatoms. The van der Waals surface area contributed by atoms with Gasteiger partial charge in [-0.05, 0) is 31.9 Å². The number of hydrogen-bond acceptors (Lipinski definition) is 3. The number of rotatable bonds is 8. The summed E-state index contributed by atoms with van der Waals surface area (Å²) < 4.78 is 25.6. The number of hydrogen-bond donors (Lipinski definition) is 1. The summed E-state index contributed by atoms with van der Waals surface area (Å²) >= 11 is 0. The molecule has 0 bridgehead atoms. The number of para-hydroxylation sites is 1. The minimum Gasteiger partial charge on any atom is -0.490 e. The van der Waals surface area contributed by atoms with Gasteiger partial charge >= 0.3 is 0 Å². The average Bonchev–Trinajstić information content (AvgIpc) is 3.14. The second-order valence-electron chi connectivity index (χ2n) is 6.42. The van der Waals surface area contributed by atoms with Crippen molar-refractivity contribution in [3.05, 3.63) is 59.4 Å². The van der Waals surface area contributed by atoms with Gasteiger partial charge in [-0.3, -0.25) is 0 Å². The molecule has 0 aromatic heterocycles. The molecule has 1 fully saturated rings. The van der Waals surface area contributed by atoms with Crippen LogP contribution in [0.2, 0.25) is 0 Å². The van der Waals surface area contributed by atoms with E-state index in [0.29, 0.717) is 29.7 Å². The van der Waals surface area contributed by atoms with Crippen molar-refractivity contribution in [1.82, 2.24) is 5.32 Å². The van der Waals surface area contributed by atoms with Gasteiger partial charge in [0.15, 0.2) is 11.5 Å². The molecule has 0 spiro atoms. The normalized spacial score (nSPS) is 14.1. The highest BCUT2D eigenvalue weighted by Crippen LogP contribution is 2.33. The maximum Gasteiger partial charge on any atom is 0.166 e. The molecular formula is C21H27ClFNO2. The Labute approximate surface area is 161 Å². The molecule has 0 saturated heterocycles. The highest BCUT2D eigenvalue weighted by molar-refractivity contribution is 5.85. The van der Waals surface area contributed by atoms with E-state index in [-0.39, 0.29) is 24.8 Å². The Bertz CT molecular complexity index is 689. The molecule has 0 heterocycles. The fourth-order valence-electron chi connectivity index (χ4n) is 3.28. The third-order valence-electron chi connectivity index (χ3n) is 4.63. The van der Waals surface area contributed by atoms with E-state index in [2.05, 4.69) is 5.32 Å². The van der Waals surface area contributed by atoms with Gasteiger partial charge in [0.1, 0.15) is 12.4 Å². The van der Waals surface area contributed by atoms with Gasteiger partial charge in [0.05, 0.1) is 6.61 Å². The molecule has 0 unspecified atom stereocenters. The van der Waals surface area contributed by atoms with Crippen LogP contribution in [-0.4, -0.2) is 12.6 Å². The van der Waals surface area contributed by atoms with Crippen molar-refractivity contribution in [2.24, 2.45) is 0 Å². The van der Waals surface area contributed by atoms with Gasteiger partial charge in [0, 0.05) is 23.7 Å². The maximum atomic E-state index is 13.9. The van der Waals surface area contributed by atoms with Crippen molar-refractivity contribution in [3.63, 3.8) is 0 Å². The Kier molecular flexibility index (Phi) is 8.20. The predicted molar refractivity (Wildman–Crippen MR) is 105 cm³/mol. The van der Waals surface area contributed by atoms with Crippen LogP contribution in [0.1, 0.15) is 43.7 Å². The van der Waals surface area contributed by atoms with Crippen LogP contribution in [0.4, 0.5) is 4.39 Å². The third kappa shape index (κ3) is 5.36. The van der Waals surface area contributed by atoms with E-state index in [9.17, 15) is 4.39 Å². The molecule has 1 aliphatic rings. The molecule has 2 aromatic rings. The van der Waals surface area contributed by atoms with Crippen molar-refractivity contribution in [1.29, 1.82) is 0 Å². The maximum absolute atomic E-state index is 13.9. The lowest BCUT2D eigenvalue weighted by Crippen LogP contribution is -2.25. The van der Waals surface area contributed by atoms with Crippen LogP contribution in [-0.2, 0) is 13.2 Å². The quantitative estimate of drug-likeness (QED) is 0.678. The van der Waals surface area contributed by atoms with E-state index in [4.69, 9.17) is 9.47 Å². The lowest BCUT2D eigenvalue weighted by Gasteiger charge is -2.18. The summed E-state index contributed by atoms with van der Waals surface area (Å²) in [5.74, 6) is 1.17. The summed E-state index contributed by atoms with van der Waals surface area (Å²) in [5, 5.41) is 3.61. The van der Waals surface area contributed by atoms with E-state index in [1.807, 2.05) is 31.2 Å². The molecule has 142 valence electrons. The summed E-state index contributed by atoms with van der Waals surface area (Å²) in [4.78, 5) is 0. The molecule has 0 amide bonds. The van der Waals surface area contributed by atoms with Crippen LogP contribution in [0.5, 0.6) is 11.5 Å². The van der Waals surface area contributed by atoms with Crippen molar-refractivity contribution < 1.29 is 13.9 Å². The van der Waals surface area contributed by atoms with Crippen LogP contribution >= 0.6 is 12.4 Å². The van der Waals surface area contributed by atoms with Crippen molar-refractivity contribution >= 4 is 12.4 Å². The Balaban J connectivity index is 0.00000243. The summed E-state index contributed by atoms with van der Waals surface area (Å²) in [6.07, 6.45) is 5.06. The fraction of sp³-hybridized carbons (Fsp3) is 0.429. The average molecular weight is 380 g/mol. The highest BCUT2D eigenvalue weighted by atomic mass is 35.5. The second kappa shape index (κ2) is 10.4. The monoisotopic (exact) mass is 379 g/mol. The van der Waals surface area contributed by atoms with E-state index in [0.717, 1.165) is 12.1 Å². The van der Waals surface area contributed by atoms with Gasteiger partial charge < -0.3 is 14.8 Å². The van der Waals surface area contributed by atoms with Crippen LogP contribution in [0.3, 0.4) is 0 Å². The third-order valence-corrected chi connectivity index (χ3v) is 4.63. The Morgan fingerprint density at radius 2 is 1.73 bits per heavy atom. The van der Waals surface area contributed by atoms with Crippen LogP contribution in [0.15, 0.2) is 42.5 Å². The molecule has 0 radical (unpaired) electrons. The minimum atomic E-state index is -0.248. The number of benzene rings is 2. The molecule has 1 saturated carbocycles. The lowest BCUT2D eigenvalue weighted by molar-refractivity contribution is 0.262. The zero-order valence-electron chi connectivity index (χ0n) is 15.2. The molecular weight excluding hydrogens is 353 g/mol. The first kappa shape index (κ1) is 20.5. The standard InChI is InChI=1S/C21H26FNO2.ClH/c1-2-24-20-13-7-9-16(14-23-18-10-4-5-11-18)21(20)25-15-17-8-3-6-12-19(17)22;/h3,6-9,12-13,18,23H,2,4-5,10-11,14-15H2,1H3;1H. The molecule has 1 aliphatic carbocycles. The van der Waals surface area contributed by atoms with Gasteiger partial charge in [0.25, 0.3) is 0 Å². The first-order chi connectivity index (χ1) is 12.3. The minimum absolute atomic E-state index is 0. The van der Waals surface area contributed by atoms with Crippen LogP contribution in [0.25, 0.3) is 0 Å². The lowest BCUT2D eigenvalue weighted by atomic mass is 10.1. The zero-order chi connectivity index (χ0) is 17.5. The summed E-state index contributed by atoms with van der Waals surface area (Å²) in [5.41, 5.74) is 1.60. The smallest absolute Gasteiger partial charge is 0.166 e. The summed E-state index contributed by atoms with van der Waals surface area (Å²) in [6, 6.07) is 13.2. The predicted octanol–water partition coefficient (Wildman–Crippen LogP) is 5.26. The van der Waals surface area contributed by atoms with Gasteiger partial charge in [0.2, 0.25) is 0 Å². The fourth-order valence-corrected chi connectivity index (χ4v) is 3.28. The molecule has 3 rings (SSSR count). The van der Waals surface area contributed by atoms with Crippen molar-refractivity contribution in [2.45, 2.75) is 51.8 Å². The second-order valence-corrected chi connectivity index (χ2v) is 6.42. The number of ether oxygens (including phenoxy) is 2. The highest BCUT2D eigenvalue weighted by Gasteiger charge is 2.17. The summed E-state index contributed by atoms with van der Waals surface area (Å²) in [6.45, 7) is 3.44. The molecule has 26 heavy (non-hydrogen) atoms. The van der Waals surface area contributed by atoms with Crippen molar-refractivity contribution in [3.8, 4) is 11.5 Å². The number of halogens is 2. The first-order valence-electron chi connectivity index (χ1n) is 9.12. The van der Waals surface area contributed by atoms with Gasteiger partial charge in [-0.1, -0.05) is 43.2 Å². The van der Waals surface area contributed by atoms with Gasteiger partial charge in [-0.2, -0.15) is 0 Å². The van der Waals surface area contributed by atoms with Crippen molar-refractivity contribution in [2.75, 3.05) is 6.61 Å². The first-order valence-corrected chi connectivity index (χ1v) is 9.12. The SMILES string of the molecule is CCOc1cccc(CNC2CCCC2)c1OCc1ccccc1F.Cl. The molecule has 3 nitrogen and oxygen atoms in total. The topological polar surface area (TPSA) is 30.5 Å². The molecule has 2 aromatic carbocycles. The number of nitrogens with one attached hydrogen (secondary N) is 1. The Morgan fingerprint density at radius 3 is 2.46 bits per heavy atom. The van der Waals surface area contributed by atoms with Crippen LogP contribution in [0, 0.1) is 5.82 Å². The van der Waals surface area contributed by atoms with Gasteiger partial charge in [-0.25, -0.2) is 4.39 Å². The molecule has 1 N–H and O–H groups in total. The van der Waals surface area contributed by atoms with Gasteiger partial charge in [-0.15, -0.1) is 12.4 Å². The molecule has 0 atom stereocenters. The largest absolute Gasteiger partial charge is 0.490 e. The zero-order valence-corrected chi connectivity index (χ0v) is 16.0. The van der Waals surface area contributed by atoms with E-state index < -0.39 is 0 Å². The van der Waals surface area contributed by atoms with E-state index in [1.165, 1.54) is 31.7 Å².